The zero-order chi connectivity index (χ0) is 22.6. The third-order valence-electron chi connectivity index (χ3n) is 4.10. The summed E-state index contributed by atoms with van der Waals surface area (Å²) in [7, 11) is 0. The highest BCUT2D eigenvalue weighted by Crippen LogP contribution is 2.34. The van der Waals surface area contributed by atoms with Crippen LogP contribution in [0.25, 0.3) is 0 Å². The van der Waals surface area contributed by atoms with E-state index in [1.165, 1.54) is 12.1 Å². The van der Waals surface area contributed by atoms with Crippen LogP contribution in [0.4, 0.5) is 23.9 Å². The van der Waals surface area contributed by atoms with Crippen LogP contribution in [0.2, 0.25) is 0 Å². The minimum Gasteiger partial charge on any atom is -0.492 e. The van der Waals surface area contributed by atoms with Gasteiger partial charge < -0.3 is 25.6 Å². The normalized spacial score (nSPS) is 12.3. The van der Waals surface area contributed by atoms with Crippen LogP contribution < -0.4 is 15.4 Å². The maximum atomic E-state index is 12.8. The molecule has 7 nitrogen and oxygen atoms in total. The number of benzene rings is 2. The second-order valence-corrected chi connectivity index (χ2v) is 7.36. The van der Waals surface area contributed by atoms with E-state index in [-0.39, 0.29) is 35.7 Å². The number of amidine groups is 1. The molecular weight excluding hydrogens is 433 g/mol. The summed E-state index contributed by atoms with van der Waals surface area (Å²) in [5.41, 5.74) is -0.0497. The molecule has 0 aliphatic carbocycles. The summed E-state index contributed by atoms with van der Waals surface area (Å²) in [6, 6.07) is 10.6. The first kappa shape index (κ1) is 22.4. The molecule has 3 aromatic rings. The lowest BCUT2D eigenvalue weighted by Crippen LogP contribution is -2.35. The maximum absolute atomic E-state index is 12.8. The predicted molar refractivity (Wildman–Crippen MR) is 112 cm³/mol. The molecule has 0 radical (unpaired) electrons. The number of aliphatic hydroxyl groups excluding tert-OH is 1. The average molecular weight is 452 g/mol. The van der Waals surface area contributed by atoms with Crippen molar-refractivity contribution in [2.75, 3.05) is 11.9 Å². The van der Waals surface area contributed by atoms with Crippen LogP contribution in [-0.2, 0) is 6.18 Å². The number of aromatic hydroxyl groups is 1. The van der Waals surface area contributed by atoms with Crippen LogP contribution in [0.3, 0.4) is 0 Å². The molecule has 164 valence electrons. The summed E-state index contributed by atoms with van der Waals surface area (Å²) in [5, 5.41) is 33.4. The number of ether oxygens (including phenoxy) is 1. The highest BCUT2D eigenvalue weighted by molar-refractivity contribution is 7.11. The largest absolute Gasteiger partial charge is 0.492 e. The fraction of sp³-hybridized carbons (Fsp3) is 0.200. The molecule has 1 aromatic heterocycles. The highest BCUT2D eigenvalue weighted by atomic mass is 32.1. The van der Waals surface area contributed by atoms with Gasteiger partial charge in [-0.1, -0.05) is 6.07 Å². The van der Waals surface area contributed by atoms with Crippen LogP contribution >= 0.6 is 11.5 Å². The van der Waals surface area contributed by atoms with Crippen molar-refractivity contribution in [1.29, 1.82) is 5.41 Å². The van der Waals surface area contributed by atoms with Gasteiger partial charge in [0.15, 0.2) is 0 Å². The lowest BCUT2D eigenvalue weighted by Gasteiger charge is -2.14. The number of anilines is 2. The van der Waals surface area contributed by atoms with Crippen LogP contribution in [0, 0.1) is 5.41 Å². The van der Waals surface area contributed by atoms with Crippen LogP contribution in [0.5, 0.6) is 17.4 Å². The molecule has 1 atom stereocenters. The van der Waals surface area contributed by atoms with E-state index in [1.54, 1.807) is 31.2 Å². The van der Waals surface area contributed by atoms with Crippen LogP contribution in [0.1, 0.15) is 18.1 Å². The Morgan fingerprint density at radius 3 is 2.55 bits per heavy atom. The smallest absolute Gasteiger partial charge is 0.416 e. The van der Waals surface area contributed by atoms with E-state index in [4.69, 9.17) is 15.3 Å². The number of hydrogen-bond acceptors (Lipinski definition) is 7. The second kappa shape index (κ2) is 9.23. The first-order valence-electron chi connectivity index (χ1n) is 9.04. The Morgan fingerprint density at radius 1 is 1.19 bits per heavy atom. The summed E-state index contributed by atoms with van der Waals surface area (Å²) in [4.78, 5) is 0. The maximum Gasteiger partial charge on any atom is 0.416 e. The Kier molecular flexibility index (Phi) is 6.66. The summed E-state index contributed by atoms with van der Waals surface area (Å²) in [5.74, 6) is -0.0226. The Balaban J connectivity index is 1.72. The van der Waals surface area contributed by atoms with Gasteiger partial charge in [-0.25, -0.2) is 0 Å². The van der Waals surface area contributed by atoms with E-state index in [9.17, 15) is 18.3 Å². The van der Waals surface area contributed by atoms with Gasteiger partial charge in [-0.3, -0.25) is 5.41 Å². The van der Waals surface area contributed by atoms with Crippen molar-refractivity contribution in [2.45, 2.75) is 19.1 Å². The SMILES string of the molecule is C[C@H](CO)NC(=N)c1c(O)nsc1Nc1ccc(Oc2cccc(C(F)(F)F)c2)cc1. The van der Waals surface area contributed by atoms with Gasteiger partial charge >= 0.3 is 6.18 Å². The van der Waals surface area contributed by atoms with Crippen molar-refractivity contribution in [1.82, 2.24) is 9.69 Å². The van der Waals surface area contributed by atoms with Crippen LogP contribution in [-0.4, -0.2) is 33.1 Å². The molecule has 0 fully saturated rings. The van der Waals surface area contributed by atoms with Gasteiger partial charge in [-0.15, -0.1) is 0 Å². The van der Waals surface area contributed by atoms with Gasteiger partial charge in [-0.2, -0.15) is 17.5 Å². The van der Waals surface area contributed by atoms with Gasteiger partial charge in [0.2, 0.25) is 5.88 Å². The highest BCUT2D eigenvalue weighted by Gasteiger charge is 2.30. The van der Waals surface area contributed by atoms with E-state index < -0.39 is 11.7 Å². The molecule has 0 unspecified atom stereocenters. The number of nitrogens with one attached hydrogen (secondary N) is 3. The van der Waals surface area contributed by atoms with Gasteiger partial charge in [0.05, 0.1) is 12.2 Å². The summed E-state index contributed by atoms with van der Waals surface area (Å²) < 4.78 is 47.8. The molecule has 0 saturated heterocycles. The van der Waals surface area contributed by atoms with E-state index in [1.807, 2.05) is 0 Å². The molecule has 0 amide bonds. The van der Waals surface area contributed by atoms with Gasteiger partial charge in [-0.05, 0) is 60.9 Å². The van der Waals surface area contributed by atoms with E-state index >= 15 is 0 Å². The molecule has 0 aliphatic rings. The molecule has 31 heavy (non-hydrogen) atoms. The zero-order valence-corrected chi connectivity index (χ0v) is 17.0. The minimum absolute atomic E-state index is 0.0581. The van der Waals surface area contributed by atoms with Crippen molar-refractivity contribution in [3.8, 4) is 17.4 Å². The van der Waals surface area contributed by atoms with Crippen LogP contribution in [0.15, 0.2) is 48.5 Å². The van der Waals surface area contributed by atoms with Crippen molar-refractivity contribution in [2.24, 2.45) is 0 Å². The first-order chi connectivity index (χ1) is 14.7. The van der Waals surface area contributed by atoms with Gasteiger partial charge in [0.25, 0.3) is 0 Å². The van der Waals surface area contributed by atoms with E-state index in [0.29, 0.717) is 16.4 Å². The third-order valence-corrected chi connectivity index (χ3v) is 4.85. The molecular formula is C20H19F3N4O3S. The summed E-state index contributed by atoms with van der Waals surface area (Å²) in [6.45, 7) is 1.50. The quantitative estimate of drug-likeness (QED) is 0.263. The fourth-order valence-electron chi connectivity index (χ4n) is 2.57. The van der Waals surface area contributed by atoms with Crippen molar-refractivity contribution < 1.29 is 28.1 Å². The minimum atomic E-state index is -4.46. The standard InChI is InChI=1S/C20H19F3N4O3S/c1-11(10-28)25-17(24)16-18(29)27-31-19(16)26-13-5-7-14(8-6-13)30-15-4-2-3-12(9-15)20(21,22)23/h2-9,11,26,28H,10H2,1H3,(H2,24,25)(H,27,29)/t11-/m1/s1. The van der Waals surface area contributed by atoms with Gasteiger partial charge in [0, 0.05) is 11.7 Å². The van der Waals surface area contributed by atoms with Crippen molar-refractivity contribution in [3.05, 3.63) is 59.7 Å². The Labute approximate surface area is 179 Å². The lowest BCUT2D eigenvalue weighted by atomic mass is 10.2. The number of rotatable bonds is 7. The number of alkyl halides is 3. The molecule has 11 heteroatoms. The fourth-order valence-corrected chi connectivity index (χ4v) is 3.28. The monoisotopic (exact) mass is 452 g/mol. The first-order valence-corrected chi connectivity index (χ1v) is 9.82. The Morgan fingerprint density at radius 2 is 1.90 bits per heavy atom. The molecule has 5 N–H and O–H groups in total. The number of aromatic nitrogens is 1. The predicted octanol–water partition coefficient (Wildman–Crippen LogP) is 4.70. The number of halogens is 3. The number of nitrogens with zero attached hydrogens (tertiary/aromatic N) is 1. The molecule has 0 bridgehead atoms. The van der Waals surface area contributed by atoms with Gasteiger partial charge in [0.1, 0.15) is 27.9 Å². The lowest BCUT2D eigenvalue weighted by molar-refractivity contribution is -0.137. The zero-order valence-electron chi connectivity index (χ0n) is 16.2. The molecule has 1 heterocycles. The summed E-state index contributed by atoms with van der Waals surface area (Å²) >= 11 is 0.952. The summed E-state index contributed by atoms with van der Waals surface area (Å²) in [6.07, 6.45) is -4.46. The topological polar surface area (TPSA) is 110 Å². The number of hydrogen-bond donors (Lipinski definition) is 5. The third kappa shape index (κ3) is 5.64. The average Bonchev–Trinajstić information content (AvgIpc) is 3.09. The molecule has 2 aromatic carbocycles. The van der Waals surface area contributed by atoms with E-state index in [0.717, 1.165) is 23.7 Å². The van der Waals surface area contributed by atoms with Crippen molar-refractivity contribution in [3.63, 3.8) is 0 Å². The molecule has 0 saturated carbocycles. The molecule has 0 aliphatic heterocycles. The van der Waals surface area contributed by atoms with E-state index in [2.05, 4.69) is 15.0 Å². The Bertz CT molecular complexity index is 1050. The molecule has 3 rings (SSSR count). The second-order valence-electron chi connectivity index (χ2n) is 6.59. The van der Waals surface area contributed by atoms with Crippen molar-refractivity contribution >= 4 is 28.1 Å². The Hall–Kier alpha value is -3.31. The molecule has 0 spiro atoms. The number of aliphatic hydroxyl groups is 1.